The Bertz CT molecular complexity index is 641. The van der Waals surface area contributed by atoms with E-state index in [4.69, 9.17) is 0 Å². The van der Waals surface area contributed by atoms with Crippen LogP contribution < -0.4 is 11.1 Å². The molecule has 0 amide bonds. The fourth-order valence-corrected chi connectivity index (χ4v) is 1.95. The van der Waals surface area contributed by atoms with Crippen LogP contribution in [0.15, 0.2) is 46.0 Å². The van der Waals surface area contributed by atoms with E-state index in [1.807, 2.05) is 0 Å². The third-order valence-electron chi connectivity index (χ3n) is 3.00. The van der Waals surface area contributed by atoms with Gasteiger partial charge in [-0.1, -0.05) is 12.1 Å². The zero-order valence-electron chi connectivity index (χ0n) is 11.0. The minimum absolute atomic E-state index is 0.111. The van der Waals surface area contributed by atoms with Crippen molar-refractivity contribution < 1.29 is 4.79 Å². The number of H-pyrrole nitrogens is 2. The molecular formula is C15H16N2O3. The molecule has 0 aromatic carbocycles. The van der Waals surface area contributed by atoms with Crippen LogP contribution in [0, 0.1) is 0 Å². The molecule has 2 heterocycles. The van der Waals surface area contributed by atoms with E-state index in [0.717, 1.165) is 11.4 Å². The van der Waals surface area contributed by atoms with Gasteiger partial charge in [0.2, 0.25) is 11.1 Å². The first-order valence-electron chi connectivity index (χ1n) is 6.51. The molecule has 0 fully saturated rings. The largest absolute Gasteiger partial charge is 0.326 e. The maximum atomic E-state index is 11.8. The van der Waals surface area contributed by atoms with Crippen molar-refractivity contribution in [1.82, 2.24) is 9.97 Å². The number of rotatable bonds is 6. The smallest absolute Gasteiger partial charge is 0.248 e. The Balaban J connectivity index is 1.81. The fourth-order valence-electron chi connectivity index (χ4n) is 1.95. The number of aryl methyl sites for hydroxylation is 2. The van der Waals surface area contributed by atoms with Crippen molar-refractivity contribution in [3.63, 3.8) is 0 Å². The molecule has 5 heteroatoms. The van der Waals surface area contributed by atoms with Gasteiger partial charge >= 0.3 is 0 Å². The highest BCUT2D eigenvalue weighted by Crippen LogP contribution is 2.03. The van der Waals surface area contributed by atoms with Crippen LogP contribution in [-0.2, 0) is 17.6 Å². The summed E-state index contributed by atoms with van der Waals surface area (Å²) >= 11 is 0. The van der Waals surface area contributed by atoms with Crippen molar-refractivity contribution in [3.05, 3.63) is 68.5 Å². The molecule has 0 radical (unpaired) electrons. The topological polar surface area (TPSA) is 82.8 Å². The summed E-state index contributed by atoms with van der Waals surface area (Å²) in [5.41, 5.74) is 1.21. The van der Waals surface area contributed by atoms with Crippen molar-refractivity contribution in [3.8, 4) is 0 Å². The molecule has 0 aliphatic carbocycles. The van der Waals surface area contributed by atoms with Gasteiger partial charge in [-0.15, -0.1) is 0 Å². The van der Waals surface area contributed by atoms with E-state index in [0.29, 0.717) is 25.7 Å². The molecule has 0 bridgehead atoms. The predicted octanol–water partition coefficient (Wildman–Crippen LogP) is 1.20. The molecular weight excluding hydrogens is 256 g/mol. The SMILES string of the molecule is O=C(CCc1cccc(=O)[nH]1)CCc1cccc(=O)[nH]1. The molecule has 0 saturated heterocycles. The van der Waals surface area contributed by atoms with E-state index < -0.39 is 0 Å². The van der Waals surface area contributed by atoms with Crippen LogP contribution in [0.2, 0.25) is 0 Å². The van der Waals surface area contributed by atoms with Crippen LogP contribution in [0.4, 0.5) is 0 Å². The summed E-state index contributed by atoms with van der Waals surface area (Å²) in [6, 6.07) is 9.82. The lowest BCUT2D eigenvalue weighted by Gasteiger charge is -2.02. The summed E-state index contributed by atoms with van der Waals surface area (Å²) in [6.45, 7) is 0. The first-order chi connectivity index (χ1) is 9.63. The molecule has 2 rings (SSSR count). The van der Waals surface area contributed by atoms with Gasteiger partial charge in [-0.3, -0.25) is 14.4 Å². The third-order valence-corrected chi connectivity index (χ3v) is 3.00. The molecule has 0 saturated carbocycles. The van der Waals surface area contributed by atoms with Crippen molar-refractivity contribution in [2.24, 2.45) is 0 Å². The number of hydrogen-bond donors (Lipinski definition) is 2. The summed E-state index contributed by atoms with van der Waals surface area (Å²) in [5, 5.41) is 0. The van der Waals surface area contributed by atoms with Crippen molar-refractivity contribution in [2.45, 2.75) is 25.7 Å². The highest BCUT2D eigenvalue weighted by molar-refractivity contribution is 5.78. The summed E-state index contributed by atoms with van der Waals surface area (Å²) in [4.78, 5) is 39.4. The maximum absolute atomic E-state index is 11.8. The summed E-state index contributed by atoms with van der Waals surface area (Å²) in [7, 11) is 0. The number of ketones is 1. The maximum Gasteiger partial charge on any atom is 0.248 e. The number of Topliss-reactive ketones (excluding diaryl/α,β-unsaturated/α-hetero) is 1. The van der Waals surface area contributed by atoms with E-state index in [9.17, 15) is 14.4 Å². The lowest BCUT2D eigenvalue weighted by Crippen LogP contribution is -2.10. The number of carbonyl (C=O) groups is 1. The van der Waals surface area contributed by atoms with E-state index in [-0.39, 0.29) is 16.9 Å². The first-order valence-corrected chi connectivity index (χ1v) is 6.51. The highest BCUT2D eigenvalue weighted by Gasteiger charge is 2.04. The monoisotopic (exact) mass is 272 g/mol. The Kier molecular flexibility index (Phi) is 4.65. The lowest BCUT2D eigenvalue weighted by molar-refractivity contribution is -0.119. The number of nitrogens with one attached hydrogen (secondary N) is 2. The minimum atomic E-state index is -0.156. The van der Waals surface area contributed by atoms with E-state index >= 15 is 0 Å². The van der Waals surface area contributed by atoms with Gasteiger partial charge < -0.3 is 9.97 Å². The second-order valence-electron chi connectivity index (χ2n) is 4.62. The van der Waals surface area contributed by atoms with Gasteiger partial charge in [-0.25, -0.2) is 0 Å². The van der Waals surface area contributed by atoms with Crippen molar-refractivity contribution in [2.75, 3.05) is 0 Å². The molecule has 2 aromatic rings. The Morgan fingerprint density at radius 1 is 0.800 bits per heavy atom. The van der Waals surface area contributed by atoms with Crippen LogP contribution in [0.25, 0.3) is 0 Å². The second-order valence-corrected chi connectivity index (χ2v) is 4.62. The number of pyridine rings is 2. The highest BCUT2D eigenvalue weighted by atomic mass is 16.1. The number of carbonyl (C=O) groups excluding carboxylic acids is 1. The van der Waals surface area contributed by atoms with Crippen molar-refractivity contribution in [1.29, 1.82) is 0 Å². The van der Waals surface area contributed by atoms with E-state index in [1.165, 1.54) is 12.1 Å². The number of hydrogen-bond acceptors (Lipinski definition) is 3. The van der Waals surface area contributed by atoms with Crippen LogP contribution in [0.3, 0.4) is 0 Å². The Morgan fingerprint density at radius 3 is 1.65 bits per heavy atom. The molecule has 0 aliphatic rings. The Labute approximate surface area is 115 Å². The zero-order valence-corrected chi connectivity index (χ0v) is 11.0. The average molecular weight is 272 g/mol. The lowest BCUT2D eigenvalue weighted by atomic mass is 10.1. The second kappa shape index (κ2) is 6.65. The summed E-state index contributed by atoms with van der Waals surface area (Å²) in [5.74, 6) is 0.111. The molecule has 104 valence electrons. The minimum Gasteiger partial charge on any atom is -0.326 e. The zero-order chi connectivity index (χ0) is 14.4. The average Bonchev–Trinajstić information content (AvgIpc) is 2.43. The predicted molar refractivity (Wildman–Crippen MR) is 75.8 cm³/mol. The molecule has 0 aliphatic heterocycles. The Morgan fingerprint density at radius 2 is 1.25 bits per heavy atom. The number of aromatic nitrogens is 2. The molecule has 2 N–H and O–H groups in total. The molecule has 0 spiro atoms. The van der Waals surface area contributed by atoms with Gasteiger partial charge in [0.1, 0.15) is 5.78 Å². The number of aromatic amines is 2. The summed E-state index contributed by atoms with van der Waals surface area (Å²) < 4.78 is 0. The van der Waals surface area contributed by atoms with Gasteiger partial charge in [0.25, 0.3) is 0 Å². The van der Waals surface area contributed by atoms with Gasteiger partial charge in [0.15, 0.2) is 0 Å². The first kappa shape index (κ1) is 14.0. The normalized spacial score (nSPS) is 10.4. The van der Waals surface area contributed by atoms with Gasteiger partial charge in [-0.05, 0) is 25.0 Å². The molecule has 2 aromatic heterocycles. The van der Waals surface area contributed by atoms with Crippen LogP contribution in [0.1, 0.15) is 24.2 Å². The molecule has 5 nitrogen and oxygen atoms in total. The third kappa shape index (κ3) is 4.35. The van der Waals surface area contributed by atoms with Crippen LogP contribution >= 0.6 is 0 Å². The standard InChI is InChI=1S/C15H16N2O3/c18-13(9-7-11-3-1-5-14(19)16-11)10-8-12-4-2-6-15(20)17-12/h1-6H,7-10H2,(H,16,19)(H,17,20). The quantitative estimate of drug-likeness (QED) is 0.828. The summed E-state index contributed by atoms with van der Waals surface area (Å²) in [6.07, 6.45) is 1.83. The fraction of sp³-hybridized carbons (Fsp3) is 0.267. The van der Waals surface area contributed by atoms with Gasteiger partial charge in [0.05, 0.1) is 0 Å². The van der Waals surface area contributed by atoms with Crippen molar-refractivity contribution >= 4 is 5.78 Å². The molecule has 20 heavy (non-hydrogen) atoms. The van der Waals surface area contributed by atoms with Gasteiger partial charge in [0, 0.05) is 36.4 Å². The molecule has 0 atom stereocenters. The van der Waals surface area contributed by atoms with Gasteiger partial charge in [-0.2, -0.15) is 0 Å². The molecule has 0 unspecified atom stereocenters. The Hall–Kier alpha value is -2.43. The van der Waals surface area contributed by atoms with Crippen LogP contribution in [0.5, 0.6) is 0 Å². The van der Waals surface area contributed by atoms with E-state index in [2.05, 4.69) is 9.97 Å². The van der Waals surface area contributed by atoms with Crippen LogP contribution in [-0.4, -0.2) is 15.8 Å². The van der Waals surface area contributed by atoms with E-state index in [1.54, 1.807) is 24.3 Å².